The fourth-order valence-corrected chi connectivity index (χ4v) is 4.16. The lowest BCUT2D eigenvalue weighted by molar-refractivity contribution is -0.139. The Hall–Kier alpha value is -3.78. The molecular formula is C23H17N3O4S. The average molecular weight is 431 g/mol. The molecule has 8 heteroatoms. The predicted molar refractivity (Wildman–Crippen MR) is 117 cm³/mol. The molecule has 3 heterocycles. The Morgan fingerprint density at radius 2 is 1.81 bits per heavy atom. The van der Waals surface area contributed by atoms with E-state index in [4.69, 9.17) is 4.42 Å². The molecule has 1 N–H and O–H groups in total. The van der Waals surface area contributed by atoms with Gasteiger partial charge in [0.25, 0.3) is 5.91 Å². The molecule has 1 aliphatic heterocycles. The molecule has 5 rings (SSSR count). The number of nitrogens with one attached hydrogen (secondary N) is 1. The second kappa shape index (κ2) is 7.81. The zero-order valence-corrected chi connectivity index (χ0v) is 17.1. The number of carbonyl (C=O) groups excluding carboxylic acids is 3. The number of para-hydroxylation sites is 1. The Bertz CT molecular complexity index is 1260. The van der Waals surface area contributed by atoms with Gasteiger partial charge in [0, 0.05) is 29.2 Å². The Morgan fingerprint density at radius 1 is 1.06 bits per heavy atom. The first-order valence-corrected chi connectivity index (χ1v) is 10.6. The maximum atomic E-state index is 12.6. The standard InChI is InChI=1S/C23H17N3O4S/c27-20-9-10-21(28)26(20)12-14-5-7-15(8-6-14)22(29)25-23-24-17(13-31-23)19-11-16-3-1-2-4-18(16)30-19/h1-8,11,13H,9-10,12H2,(H,24,25,29). The summed E-state index contributed by atoms with van der Waals surface area (Å²) in [5.74, 6) is 0.0467. The molecule has 154 valence electrons. The van der Waals surface area contributed by atoms with Gasteiger partial charge in [-0.05, 0) is 29.8 Å². The third-order valence-corrected chi connectivity index (χ3v) is 5.87. The fraction of sp³-hybridized carbons (Fsp3) is 0.130. The van der Waals surface area contributed by atoms with Crippen LogP contribution in [0.3, 0.4) is 0 Å². The van der Waals surface area contributed by atoms with Gasteiger partial charge in [-0.15, -0.1) is 11.3 Å². The summed E-state index contributed by atoms with van der Waals surface area (Å²) >= 11 is 1.32. The minimum atomic E-state index is -0.287. The minimum absolute atomic E-state index is 0.157. The highest BCUT2D eigenvalue weighted by Crippen LogP contribution is 2.30. The van der Waals surface area contributed by atoms with Crippen molar-refractivity contribution in [2.45, 2.75) is 19.4 Å². The first-order valence-electron chi connectivity index (χ1n) is 9.75. The van der Waals surface area contributed by atoms with Crippen molar-refractivity contribution in [3.05, 3.63) is 71.1 Å². The van der Waals surface area contributed by atoms with Crippen LogP contribution in [-0.4, -0.2) is 27.6 Å². The second-order valence-electron chi connectivity index (χ2n) is 7.21. The van der Waals surface area contributed by atoms with Gasteiger partial charge in [-0.3, -0.25) is 24.6 Å². The number of imide groups is 1. The number of nitrogens with zero attached hydrogens (tertiary/aromatic N) is 2. The molecule has 31 heavy (non-hydrogen) atoms. The van der Waals surface area contributed by atoms with Gasteiger partial charge in [0.15, 0.2) is 10.9 Å². The van der Waals surface area contributed by atoms with Crippen LogP contribution in [-0.2, 0) is 16.1 Å². The van der Waals surface area contributed by atoms with Crippen LogP contribution in [0.15, 0.2) is 64.4 Å². The van der Waals surface area contributed by atoms with Crippen LogP contribution < -0.4 is 5.32 Å². The van der Waals surface area contributed by atoms with E-state index in [2.05, 4.69) is 10.3 Å². The molecule has 0 radical (unpaired) electrons. The molecule has 1 saturated heterocycles. The zero-order chi connectivity index (χ0) is 21.4. The van der Waals surface area contributed by atoms with E-state index in [1.165, 1.54) is 16.2 Å². The van der Waals surface area contributed by atoms with Gasteiger partial charge in [-0.25, -0.2) is 4.98 Å². The number of thiazole rings is 1. The maximum Gasteiger partial charge on any atom is 0.257 e. The highest BCUT2D eigenvalue weighted by atomic mass is 32.1. The number of amides is 3. The summed E-state index contributed by atoms with van der Waals surface area (Å²) in [5, 5.41) is 6.09. The van der Waals surface area contributed by atoms with Crippen LogP contribution >= 0.6 is 11.3 Å². The molecular weight excluding hydrogens is 414 g/mol. The van der Waals surface area contributed by atoms with E-state index in [0.29, 0.717) is 22.1 Å². The van der Waals surface area contributed by atoms with E-state index >= 15 is 0 Å². The third kappa shape index (κ3) is 3.85. The Balaban J connectivity index is 1.26. The topological polar surface area (TPSA) is 92.5 Å². The largest absolute Gasteiger partial charge is 0.454 e. The van der Waals surface area contributed by atoms with Crippen molar-refractivity contribution in [2.75, 3.05) is 5.32 Å². The van der Waals surface area contributed by atoms with Crippen molar-refractivity contribution >= 4 is 45.2 Å². The van der Waals surface area contributed by atoms with E-state index in [9.17, 15) is 14.4 Å². The van der Waals surface area contributed by atoms with Crippen LogP contribution in [0, 0.1) is 0 Å². The van der Waals surface area contributed by atoms with E-state index in [0.717, 1.165) is 16.5 Å². The number of likely N-dealkylation sites (tertiary alicyclic amines) is 1. The number of hydrogen-bond acceptors (Lipinski definition) is 6. The number of anilines is 1. The fourth-order valence-electron chi connectivity index (χ4n) is 3.47. The van der Waals surface area contributed by atoms with Gasteiger partial charge < -0.3 is 4.42 Å². The summed E-state index contributed by atoms with van der Waals surface area (Å²) in [6.07, 6.45) is 0.534. The van der Waals surface area contributed by atoms with E-state index in [1.807, 2.05) is 35.7 Å². The third-order valence-electron chi connectivity index (χ3n) is 5.11. The van der Waals surface area contributed by atoms with Crippen LogP contribution in [0.25, 0.3) is 22.4 Å². The lowest BCUT2D eigenvalue weighted by atomic mass is 10.1. The Labute approximate surface area is 181 Å². The smallest absolute Gasteiger partial charge is 0.257 e. The number of furan rings is 1. The molecule has 0 spiro atoms. The molecule has 0 saturated carbocycles. The lowest BCUT2D eigenvalue weighted by Crippen LogP contribution is -2.28. The Morgan fingerprint density at radius 3 is 2.55 bits per heavy atom. The quantitative estimate of drug-likeness (QED) is 0.471. The maximum absolute atomic E-state index is 12.6. The average Bonchev–Trinajstić information content (AvgIpc) is 3.49. The van der Waals surface area contributed by atoms with Crippen molar-refractivity contribution in [2.24, 2.45) is 0 Å². The van der Waals surface area contributed by atoms with Crippen molar-refractivity contribution in [1.82, 2.24) is 9.88 Å². The molecule has 1 aliphatic rings. The molecule has 0 atom stereocenters. The molecule has 1 fully saturated rings. The first-order chi connectivity index (χ1) is 15.1. The van der Waals surface area contributed by atoms with Crippen LogP contribution in [0.2, 0.25) is 0 Å². The molecule has 2 aromatic heterocycles. The van der Waals surface area contributed by atoms with Crippen molar-refractivity contribution < 1.29 is 18.8 Å². The first kappa shape index (κ1) is 19.2. The minimum Gasteiger partial charge on any atom is -0.454 e. The Kier molecular flexibility index (Phi) is 4.83. The van der Waals surface area contributed by atoms with Gasteiger partial charge in [0.05, 0.1) is 6.54 Å². The highest BCUT2D eigenvalue weighted by molar-refractivity contribution is 7.14. The number of carbonyl (C=O) groups is 3. The van der Waals surface area contributed by atoms with E-state index < -0.39 is 0 Å². The molecule has 0 bridgehead atoms. The van der Waals surface area contributed by atoms with Crippen LogP contribution in [0.5, 0.6) is 0 Å². The number of aromatic nitrogens is 1. The molecule has 3 amide bonds. The molecule has 2 aromatic carbocycles. The van der Waals surface area contributed by atoms with Gasteiger partial charge >= 0.3 is 0 Å². The summed E-state index contributed by atoms with van der Waals surface area (Å²) in [6.45, 7) is 0.229. The lowest BCUT2D eigenvalue weighted by Gasteiger charge is -2.13. The summed E-state index contributed by atoms with van der Waals surface area (Å²) in [7, 11) is 0. The molecule has 0 unspecified atom stereocenters. The summed E-state index contributed by atoms with van der Waals surface area (Å²) in [4.78, 5) is 41.8. The van der Waals surface area contributed by atoms with Gasteiger partial charge in [0.1, 0.15) is 11.3 Å². The predicted octanol–water partition coefficient (Wildman–Crippen LogP) is 4.46. The number of hydrogen-bond donors (Lipinski definition) is 1. The van der Waals surface area contributed by atoms with Crippen molar-refractivity contribution in [3.63, 3.8) is 0 Å². The SMILES string of the molecule is O=C(Nc1nc(-c2cc3ccccc3o2)cs1)c1ccc(CN2C(=O)CCC2=O)cc1. The molecule has 7 nitrogen and oxygen atoms in total. The second-order valence-corrected chi connectivity index (χ2v) is 8.07. The summed E-state index contributed by atoms with van der Waals surface area (Å²) < 4.78 is 5.82. The normalized spacial score (nSPS) is 13.9. The number of rotatable bonds is 5. The van der Waals surface area contributed by atoms with Crippen molar-refractivity contribution in [1.29, 1.82) is 0 Å². The summed E-state index contributed by atoms with van der Waals surface area (Å²) in [5.41, 5.74) is 2.70. The molecule has 4 aromatic rings. The highest BCUT2D eigenvalue weighted by Gasteiger charge is 2.28. The van der Waals surface area contributed by atoms with Crippen LogP contribution in [0.4, 0.5) is 5.13 Å². The van der Waals surface area contributed by atoms with E-state index in [-0.39, 0.29) is 37.1 Å². The van der Waals surface area contributed by atoms with Gasteiger partial charge in [-0.2, -0.15) is 0 Å². The zero-order valence-electron chi connectivity index (χ0n) is 16.3. The van der Waals surface area contributed by atoms with E-state index in [1.54, 1.807) is 24.3 Å². The van der Waals surface area contributed by atoms with Crippen LogP contribution in [0.1, 0.15) is 28.8 Å². The summed E-state index contributed by atoms with van der Waals surface area (Å²) in [6, 6.07) is 16.5. The van der Waals surface area contributed by atoms with Crippen molar-refractivity contribution in [3.8, 4) is 11.5 Å². The number of fused-ring (bicyclic) bond motifs is 1. The van der Waals surface area contributed by atoms with Gasteiger partial charge in [0.2, 0.25) is 11.8 Å². The number of benzene rings is 2. The molecule has 0 aliphatic carbocycles. The van der Waals surface area contributed by atoms with Gasteiger partial charge in [-0.1, -0.05) is 30.3 Å². The monoisotopic (exact) mass is 431 g/mol.